The molecule has 130 valence electrons. The van der Waals surface area contributed by atoms with Crippen LogP contribution in [0.1, 0.15) is 97.3 Å². The first kappa shape index (κ1) is 21.4. The van der Waals surface area contributed by atoms with Crippen LogP contribution < -0.4 is 0 Å². The van der Waals surface area contributed by atoms with Gasteiger partial charge >= 0.3 is 11.9 Å². The van der Waals surface area contributed by atoms with E-state index in [2.05, 4.69) is 13.8 Å². The van der Waals surface area contributed by atoms with Crippen LogP contribution in [0.15, 0.2) is 0 Å². The average Bonchev–Trinajstić information content (AvgIpc) is 2.50. The van der Waals surface area contributed by atoms with Gasteiger partial charge in [0.15, 0.2) is 0 Å². The zero-order valence-electron chi connectivity index (χ0n) is 14.4. The molecule has 0 aliphatic heterocycles. The van der Waals surface area contributed by atoms with Crippen molar-refractivity contribution in [3.63, 3.8) is 0 Å². The van der Waals surface area contributed by atoms with Crippen LogP contribution in [-0.2, 0) is 14.3 Å². The van der Waals surface area contributed by atoms with Crippen molar-refractivity contribution in [2.75, 3.05) is 0 Å². The van der Waals surface area contributed by atoms with Gasteiger partial charge in [-0.1, -0.05) is 78.1 Å². The average molecular weight is 333 g/mol. The van der Waals surface area contributed by atoms with Crippen molar-refractivity contribution >= 4 is 23.5 Å². The molecule has 0 aromatic rings. The third-order valence-corrected chi connectivity index (χ3v) is 4.16. The number of hydrogen-bond acceptors (Lipinski definition) is 3. The highest BCUT2D eigenvalue weighted by Gasteiger charge is 2.19. The Labute approximate surface area is 141 Å². The number of ether oxygens (including phenoxy) is 1. The molecule has 0 fully saturated rings. The molecule has 0 aromatic heterocycles. The molecule has 0 heterocycles. The second-order valence-corrected chi connectivity index (χ2v) is 6.51. The topological polar surface area (TPSA) is 43.4 Å². The van der Waals surface area contributed by atoms with Gasteiger partial charge in [0, 0.05) is 6.42 Å². The Morgan fingerprint density at radius 3 is 1.91 bits per heavy atom. The molecule has 0 rings (SSSR count). The third-order valence-electron chi connectivity index (χ3n) is 3.77. The highest BCUT2D eigenvalue weighted by atomic mass is 35.5. The van der Waals surface area contributed by atoms with E-state index in [0.717, 1.165) is 32.1 Å². The molecule has 0 N–H and O–H groups in total. The van der Waals surface area contributed by atoms with E-state index in [9.17, 15) is 9.59 Å². The molecule has 0 aromatic carbocycles. The first-order valence-corrected chi connectivity index (χ1v) is 9.44. The first-order valence-electron chi connectivity index (χ1n) is 9.00. The number of esters is 2. The van der Waals surface area contributed by atoms with Crippen molar-refractivity contribution in [2.45, 2.75) is 103 Å². The van der Waals surface area contributed by atoms with E-state index >= 15 is 0 Å². The fourth-order valence-corrected chi connectivity index (χ4v) is 2.52. The quantitative estimate of drug-likeness (QED) is 0.175. The number of rotatable bonds is 14. The van der Waals surface area contributed by atoms with Gasteiger partial charge in [-0.3, -0.25) is 4.79 Å². The lowest BCUT2D eigenvalue weighted by Crippen LogP contribution is -2.21. The number of carbonyl (C=O) groups excluding carboxylic acids is 2. The number of hydrogen-bond donors (Lipinski definition) is 0. The Hall–Kier alpha value is -0.570. The second kappa shape index (κ2) is 15.3. The molecule has 0 spiro atoms. The molecule has 0 aliphatic carbocycles. The van der Waals surface area contributed by atoms with E-state index < -0.39 is 17.3 Å². The lowest BCUT2D eigenvalue weighted by atomic mass is 10.1. The lowest BCUT2D eigenvalue weighted by Gasteiger charge is -2.08. The fourth-order valence-electron chi connectivity index (χ4n) is 2.32. The maximum Gasteiger partial charge on any atom is 0.331 e. The minimum absolute atomic E-state index is 0.317. The molecule has 22 heavy (non-hydrogen) atoms. The maximum atomic E-state index is 11.7. The second-order valence-electron chi connectivity index (χ2n) is 5.98. The van der Waals surface area contributed by atoms with Gasteiger partial charge in [-0.15, -0.1) is 11.6 Å². The standard InChI is InChI=1S/C18H33ClO3/c1-3-5-7-9-11-13-15-17(20)22-18(21)16(19)14-12-10-8-6-4-2/h16H,3-15H2,1-2H3. The Balaban J connectivity index is 3.60. The molecule has 0 radical (unpaired) electrons. The van der Waals surface area contributed by atoms with E-state index in [0.29, 0.717) is 12.8 Å². The minimum atomic E-state index is -0.685. The Bertz CT molecular complexity index is 292. The molecule has 0 saturated carbocycles. The minimum Gasteiger partial charge on any atom is -0.392 e. The van der Waals surface area contributed by atoms with Crippen molar-refractivity contribution in [1.82, 2.24) is 0 Å². The molecule has 1 unspecified atom stereocenters. The summed E-state index contributed by atoms with van der Waals surface area (Å²) in [6, 6.07) is 0. The van der Waals surface area contributed by atoms with Crippen molar-refractivity contribution in [1.29, 1.82) is 0 Å². The molecular formula is C18H33ClO3. The Kier molecular flexibility index (Phi) is 14.9. The van der Waals surface area contributed by atoms with Crippen LogP contribution in [0, 0.1) is 0 Å². The fraction of sp³-hybridized carbons (Fsp3) is 0.889. The van der Waals surface area contributed by atoms with Crippen molar-refractivity contribution in [3.8, 4) is 0 Å². The van der Waals surface area contributed by atoms with Crippen LogP contribution in [0.3, 0.4) is 0 Å². The van der Waals surface area contributed by atoms with Crippen molar-refractivity contribution in [2.24, 2.45) is 0 Å². The zero-order chi connectivity index (χ0) is 16.6. The van der Waals surface area contributed by atoms with Gasteiger partial charge in [0.25, 0.3) is 0 Å². The van der Waals surface area contributed by atoms with Gasteiger partial charge in [0.2, 0.25) is 0 Å². The smallest absolute Gasteiger partial charge is 0.331 e. The summed E-state index contributed by atoms with van der Waals surface area (Å²) in [6.07, 6.45) is 13.1. The summed E-state index contributed by atoms with van der Waals surface area (Å²) in [5.74, 6) is -1.01. The van der Waals surface area contributed by atoms with E-state index in [4.69, 9.17) is 16.3 Å². The van der Waals surface area contributed by atoms with Gasteiger partial charge < -0.3 is 4.74 Å². The highest BCUT2D eigenvalue weighted by molar-refractivity contribution is 6.30. The molecule has 0 bridgehead atoms. The summed E-state index contributed by atoms with van der Waals surface area (Å²) in [7, 11) is 0. The predicted octanol–water partition coefficient (Wildman–Crippen LogP) is 5.77. The largest absolute Gasteiger partial charge is 0.392 e. The number of unbranched alkanes of at least 4 members (excludes halogenated alkanes) is 9. The van der Waals surface area contributed by atoms with Crippen molar-refractivity contribution < 1.29 is 14.3 Å². The summed E-state index contributed by atoms with van der Waals surface area (Å²) < 4.78 is 4.81. The highest BCUT2D eigenvalue weighted by Crippen LogP contribution is 2.13. The lowest BCUT2D eigenvalue weighted by molar-refractivity contribution is -0.159. The molecule has 0 amide bonds. The van der Waals surface area contributed by atoms with Gasteiger partial charge in [-0.25, -0.2) is 4.79 Å². The molecule has 1 atom stereocenters. The Morgan fingerprint density at radius 2 is 1.32 bits per heavy atom. The van der Waals surface area contributed by atoms with E-state index in [1.165, 1.54) is 38.5 Å². The maximum absolute atomic E-state index is 11.7. The first-order chi connectivity index (χ1) is 10.6. The van der Waals surface area contributed by atoms with Crippen LogP contribution in [-0.4, -0.2) is 17.3 Å². The van der Waals surface area contributed by atoms with Crippen LogP contribution in [0.2, 0.25) is 0 Å². The number of alkyl halides is 1. The molecule has 4 heteroatoms. The van der Waals surface area contributed by atoms with Gasteiger partial charge in [-0.05, 0) is 12.8 Å². The Morgan fingerprint density at radius 1 is 0.818 bits per heavy atom. The summed E-state index contributed by atoms with van der Waals surface area (Å²) in [5.41, 5.74) is 0. The number of carbonyl (C=O) groups is 2. The van der Waals surface area contributed by atoms with E-state index in [1.54, 1.807) is 0 Å². The van der Waals surface area contributed by atoms with Crippen LogP contribution in [0.4, 0.5) is 0 Å². The summed E-state index contributed by atoms with van der Waals surface area (Å²) in [5, 5.41) is -0.685. The van der Waals surface area contributed by atoms with E-state index in [-0.39, 0.29) is 0 Å². The van der Waals surface area contributed by atoms with E-state index in [1.807, 2.05) is 0 Å². The van der Waals surface area contributed by atoms with Crippen molar-refractivity contribution in [3.05, 3.63) is 0 Å². The monoisotopic (exact) mass is 332 g/mol. The van der Waals surface area contributed by atoms with Gasteiger partial charge in [-0.2, -0.15) is 0 Å². The normalized spacial score (nSPS) is 12.1. The van der Waals surface area contributed by atoms with Gasteiger partial charge in [0.05, 0.1) is 0 Å². The van der Waals surface area contributed by atoms with Crippen LogP contribution in [0.25, 0.3) is 0 Å². The van der Waals surface area contributed by atoms with Crippen LogP contribution >= 0.6 is 11.6 Å². The number of halogens is 1. The SMILES string of the molecule is CCCCCCCCC(=O)OC(=O)C(Cl)CCCCCCC. The summed E-state index contributed by atoms with van der Waals surface area (Å²) in [4.78, 5) is 23.2. The zero-order valence-corrected chi connectivity index (χ0v) is 15.1. The predicted molar refractivity (Wildman–Crippen MR) is 92.1 cm³/mol. The molecule has 3 nitrogen and oxygen atoms in total. The summed E-state index contributed by atoms with van der Waals surface area (Å²) in [6.45, 7) is 4.34. The third kappa shape index (κ3) is 13.1. The molecule has 0 saturated heterocycles. The van der Waals surface area contributed by atoms with Crippen LogP contribution in [0.5, 0.6) is 0 Å². The van der Waals surface area contributed by atoms with Gasteiger partial charge in [0.1, 0.15) is 5.38 Å². The summed E-state index contributed by atoms with van der Waals surface area (Å²) >= 11 is 5.98. The molecular weight excluding hydrogens is 300 g/mol. The molecule has 0 aliphatic rings.